The highest BCUT2D eigenvalue weighted by atomic mass is 19.4. The van der Waals surface area contributed by atoms with Gasteiger partial charge in [0, 0.05) is 0 Å². The van der Waals surface area contributed by atoms with Gasteiger partial charge < -0.3 is 10.1 Å². The number of rotatable bonds is 4. The summed E-state index contributed by atoms with van der Waals surface area (Å²) in [5, 5.41) is 8.22. The highest BCUT2D eigenvalue weighted by Crippen LogP contribution is 2.26. The van der Waals surface area contributed by atoms with E-state index in [2.05, 4.69) is 25.2 Å². The highest BCUT2D eigenvalue weighted by molar-refractivity contribution is 6.02. The van der Waals surface area contributed by atoms with Crippen LogP contribution in [0.2, 0.25) is 0 Å². The molecule has 0 spiro atoms. The van der Waals surface area contributed by atoms with Gasteiger partial charge >= 0.3 is 6.18 Å². The van der Waals surface area contributed by atoms with Crippen molar-refractivity contribution >= 4 is 11.6 Å². The summed E-state index contributed by atoms with van der Waals surface area (Å²) in [7, 11) is 0. The standard InChI is InChI=1S/C11H9F3N4O2/c12-11(13,14)5-20-8-4-2-1-3-7(8)17-10(19)9-15-6-16-18-9/h1-4,6H,5H2,(H,17,19)(H,15,16,18). The van der Waals surface area contributed by atoms with Crippen molar-refractivity contribution in [3.63, 3.8) is 0 Å². The van der Waals surface area contributed by atoms with Crippen LogP contribution in [0.5, 0.6) is 5.75 Å². The second-order valence-electron chi connectivity index (χ2n) is 3.69. The maximum absolute atomic E-state index is 12.1. The van der Waals surface area contributed by atoms with Crippen LogP contribution in [-0.4, -0.2) is 33.9 Å². The average Bonchev–Trinajstić information content (AvgIpc) is 2.90. The lowest BCUT2D eigenvalue weighted by molar-refractivity contribution is -0.153. The number of para-hydroxylation sites is 2. The van der Waals surface area contributed by atoms with Crippen LogP contribution in [0.3, 0.4) is 0 Å². The van der Waals surface area contributed by atoms with Gasteiger partial charge in [-0.2, -0.15) is 18.3 Å². The summed E-state index contributed by atoms with van der Waals surface area (Å²) in [5.41, 5.74) is 0.109. The number of ether oxygens (including phenoxy) is 1. The maximum Gasteiger partial charge on any atom is 0.422 e. The van der Waals surface area contributed by atoms with Crippen molar-refractivity contribution in [1.82, 2.24) is 15.2 Å². The molecule has 0 aliphatic heterocycles. The third-order valence-corrected chi connectivity index (χ3v) is 2.16. The number of benzene rings is 1. The number of carbonyl (C=O) groups is 1. The number of anilines is 1. The molecule has 2 aromatic rings. The summed E-state index contributed by atoms with van der Waals surface area (Å²) in [6.45, 7) is -1.44. The summed E-state index contributed by atoms with van der Waals surface area (Å²) >= 11 is 0. The number of H-pyrrole nitrogens is 1. The fourth-order valence-corrected chi connectivity index (χ4v) is 1.35. The van der Waals surface area contributed by atoms with Crippen LogP contribution in [0.15, 0.2) is 30.6 Å². The lowest BCUT2D eigenvalue weighted by Crippen LogP contribution is -2.20. The summed E-state index contributed by atoms with van der Waals surface area (Å²) < 4.78 is 41.0. The zero-order chi connectivity index (χ0) is 14.6. The quantitative estimate of drug-likeness (QED) is 0.900. The Bertz CT molecular complexity index is 584. The molecular weight excluding hydrogens is 277 g/mol. The first kappa shape index (κ1) is 13.8. The second kappa shape index (κ2) is 5.59. The first-order chi connectivity index (χ1) is 9.46. The number of nitrogens with zero attached hydrogens (tertiary/aromatic N) is 2. The molecular formula is C11H9F3N4O2. The molecule has 0 unspecified atom stereocenters. The van der Waals surface area contributed by atoms with Crippen molar-refractivity contribution in [2.75, 3.05) is 11.9 Å². The van der Waals surface area contributed by atoms with E-state index in [0.717, 1.165) is 6.33 Å². The monoisotopic (exact) mass is 286 g/mol. The molecule has 0 radical (unpaired) electrons. The van der Waals surface area contributed by atoms with Crippen molar-refractivity contribution in [2.45, 2.75) is 6.18 Å². The molecule has 6 nitrogen and oxygen atoms in total. The zero-order valence-electron chi connectivity index (χ0n) is 9.94. The number of halogens is 3. The minimum Gasteiger partial charge on any atom is -0.482 e. The summed E-state index contributed by atoms with van der Waals surface area (Å²) in [4.78, 5) is 15.3. The van der Waals surface area contributed by atoms with Crippen LogP contribution < -0.4 is 10.1 Å². The molecule has 0 atom stereocenters. The van der Waals surface area contributed by atoms with Gasteiger partial charge in [0.2, 0.25) is 5.82 Å². The number of alkyl halides is 3. The molecule has 1 aromatic heterocycles. The lowest BCUT2D eigenvalue weighted by atomic mass is 10.3. The molecule has 1 heterocycles. The van der Waals surface area contributed by atoms with E-state index in [1.807, 2.05) is 0 Å². The molecule has 0 aliphatic rings. The van der Waals surface area contributed by atoms with Crippen molar-refractivity contribution in [1.29, 1.82) is 0 Å². The molecule has 1 aromatic carbocycles. The van der Waals surface area contributed by atoms with Crippen LogP contribution >= 0.6 is 0 Å². The zero-order valence-corrected chi connectivity index (χ0v) is 9.94. The molecule has 1 amide bonds. The number of carbonyl (C=O) groups excluding carboxylic acids is 1. The molecule has 2 N–H and O–H groups in total. The number of hydrogen-bond acceptors (Lipinski definition) is 4. The lowest BCUT2D eigenvalue weighted by Gasteiger charge is -2.13. The van der Waals surface area contributed by atoms with Gasteiger partial charge in [-0.1, -0.05) is 12.1 Å². The van der Waals surface area contributed by atoms with E-state index in [0.29, 0.717) is 0 Å². The van der Waals surface area contributed by atoms with E-state index in [4.69, 9.17) is 0 Å². The Balaban J connectivity index is 2.10. The van der Waals surface area contributed by atoms with Gasteiger partial charge in [0.05, 0.1) is 5.69 Å². The van der Waals surface area contributed by atoms with Crippen LogP contribution in [-0.2, 0) is 0 Å². The first-order valence-corrected chi connectivity index (χ1v) is 5.41. The molecule has 20 heavy (non-hydrogen) atoms. The summed E-state index contributed by atoms with van der Waals surface area (Å²) in [6, 6.07) is 5.79. The third kappa shape index (κ3) is 3.70. The van der Waals surface area contributed by atoms with E-state index in [9.17, 15) is 18.0 Å². The van der Waals surface area contributed by atoms with E-state index < -0.39 is 18.7 Å². The first-order valence-electron chi connectivity index (χ1n) is 5.41. The SMILES string of the molecule is O=C(Nc1ccccc1OCC(F)(F)F)c1ncn[nH]1. The number of hydrogen-bond donors (Lipinski definition) is 2. The normalized spacial score (nSPS) is 11.2. The van der Waals surface area contributed by atoms with E-state index in [1.54, 1.807) is 6.07 Å². The molecule has 0 saturated heterocycles. The average molecular weight is 286 g/mol. The maximum atomic E-state index is 12.1. The Labute approximate surface area is 111 Å². The van der Waals surface area contributed by atoms with Crippen molar-refractivity contribution < 1.29 is 22.7 Å². The van der Waals surface area contributed by atoms with Crippen molar-refractivity contribution in [3.8, 4) is 5.75 Å². The Morgan fingerprint density at radius 2 is 2.10 bits per heavy atom. The Kier molecular flexibility index (Phi) is 3.87. The molecule has 0 saturated carbocycles. The van der Waals surface area contributed by atoms with E-state index >= 15 is 0 Å². The van der Waals surface area contributed by atoms with E-state index in [-0.39, 0.29) is 17.3 Å². The molecule has 2 rings (SSSR count). The molecule has 0 fully saturated rings. The predicted molar refractivity (Wildman–Crippen MR) is 62.3 cm³/mol. The van der Waals surface area contributed by atoms with Gasteiger partial charge in [-0.3, -0.25) is 9.89 Å². The van der Waals surface area contributed by atoms with Gasteiger partial charge in [-0.25, -0.2) is 4.98 Å². The predicted octanol–water partition coefficient (Wildman–Crippen LogP) is 2.00. The third-order valence-electron chi connectivity index (χ3n) is 2.16. The Morgan fingerprint density at radius 1 is 1.35 bits per heavy atom. The topological polar surface area (TPSA) is 79.9 Å². The van der Waals surface area contributed by atoms with Gasteiger partial charge in [-0.15, -0.1) is 0 Å². The summed E-state index contributed by atoms with van der Waals surface area (Å²) in [6.07, 6.45) is -3.32. The minimum atomic E-state index is -4.46. The molecule has 0 bridgehead atoms. The number of aromatic amines is 1. The number of amides is 1. The van der Waals surface area contributed by atoms with Crippen LogP contribution in [0.25, 0.3) is 0 Å². The smallest absolute Gasteiger partial charge is 0.422 e. The fraction of sp³-hybridized carbons (Fsp3) is 0.182. The Morgan fingerprint density at radius 3 is 2.75 bits per heavy atom. The van der Waals surface area contributed by atoms with Gasteiger partial charge in [0.15, 0.2) is 6.61 Å². The van der Waals surface area contributed by atoms with Crippen molar-refractivity contribution in [3.05, 3.63) is 36.4 Å². The van der Waals surface area contributed by atoms with Crippen LogP contribution in [0.4, 0.5) is 18.9 Å². The minimum absolute atomic E-state index is 0.0596. The van der Waals surface area contributed by atoms with Gasteiger partial charge in [0.25, 0.3) is 5.91 Å². The Hall–Kier alpha value is -2.58. The number of aromatic nitrogens is 3. The van der Waals surface area contributed by atoms with Gasteiger partial charge in [-0.05, 0) is 12.1 Å². The fourth-order valence-electron chi connectivity index (χ4n) is 1.35. The molecule has 106 valence electrons. The number of nitrogens with one attached hydrogen (secondary N) is 2. The van der Waals surface area contributed by atoms with Crippen LogP contribution in [0.1, 0.15) is 10.6 Å². The van der Waals surface area contributed by atoms with E-state index in [1.165, 1.54) is 18.2 Å². The molecule has 0 aliphatic carbocycles. The summed E-state index contributed by atoms with van der Waals surface area (Å²) in [5.74, 6) is -0.779. The largest absolute Gasteiger partial charge is 0.482 e. The molecule has 9 heteroatoms. The second-order valence-corrected chi connectivity index (χ2v) is 3.69. The van der Waals surface area contributed by atoms with Crippen molar-refractivity contribution in [2.24, 2.45) is 0 Å². The van der Waals surface area contributed by atoms with Gasteiger partial charge in [0.1, 0.15) is 12.1 Å². The van der Waals surface area contributed by atoms with Crippen LogP contribution in [0, 0.1) is 0 Å². The highest BCUT2D eigenvalue weighted by Gasteiger charge is 2.29.